The number of nitrogens with zero attached hydrogens (tertiary/aromatic N) is 4. The van der Waals surface area contributed by atoms with Crippen LogP contribution in [0.25, 0.3) is 28.1 Å². The van der Waals surface area contributed by atoms with E-state index in [0.29, 0.717) is 11.7 Å². The van der Waals surface area contributed by atoms with Crippen LogP contribution in [-0.2, 0) is 6.42 Å². The molecule has 0 aliphatic carbocycles. The van der Waals surface area contributed by atoms with Gasteiger partial charge in [0.05, 0.1) is 28.5 Å². The van der Waals surface area contributed by atoms with Gasteiger partial charge in [0.15, 0.2) is 5.82 Å². The quantitative estimate of drug-likeness (QED) is 0.548. The third kappa shape index (κ3) is 3.14. The molecule has 0 aliphatic heterocycles. The van der Waals surface area contributed by atoms with E-state index >= 15 is 0 Å². The van der Waals surface area contributed by atoms with Crippen molar-refractivity contribution in [3.05, 3.63) is 48.4 Å². The van der Waals surface area contributed by atoms with Gasteiger partial charge in [-0.3, -0.25) is 0 Å². The molecule has 6 heteroatoms. The molecule has 3 heterocycles. The molecule has 1 unspecified atom stereocenters. The monoisotopic (exact) mass is 349 g/mol. The fourth-order valence-corrected chi connectivity index (χ4v) is 3.06. The molecule has 1 atom stereocenters. The van der Waals surface area contributed by atoms with Crippen LogP contribution in [0.5, 0.6) is 0 Å². The summed E-state index contributed by atoms with van der Waals surface area (Å²) in [7, 11) is 0. The van der Waals surface area contributed by atoms with Crippen LogP contribution in [0.1, 0.15) is 38.3 Å². The summed E-state index contributed by atoms with van der Waals surface area (Å²) >= 11 is 0. The number of benzene rings is 1. The number of aryl methyl sites for hydroxylation is 2. The Morgan fingerprint density at radius 1 is 1.23 bits per heavy atom. The number of nitrogens with one attached hydrogen (secondary N) is 1. The minimum absolute atomic E-state index is 0.662. The van der Waals surface area contributed by atoms with E-state index in [1.54, 1.807) is 12.5 Å². The highest BCUT2D eigenvalue weighted by Crippen LogP contribution is 2.23. The number of hydrogen-bond donors (Lipinski definition) is 1. The van der Waals surface area contributed by atoms with E-state index in [-0.39, 0.29) is 0 Å². The van der Waals surface area contributed by atoms with E-state index in [4.69, 9.17) is 14.5 Å². The van der Waals surface area contributed by atoms with Crippen molar-refractivity contribution >= 4 is 11.0 Å². The number of imidazole rings is 1. The van der Waals surface area contributed by atoms with Crippen molar-refractivity contribution in [3.8, 4) is 17.1 Å². The molecule has 1 N–H and O–H groups in total. The number of rotatable bonds is 6. The molecule has 0 fully saturated rings. The second-order valence-electron chi connectivity index (χ2n) is 6.85. The molecule has 0 saturated carbocycles. The standard InChI is InChI=1S/C20H23N5O/c1-4-13(2)5-8-19-23-20(15-9-10-26-12-15)24-25(19)16-6-7-17-18(11-16)22-14(3)21-17/h6-7,9-13H,4-5,8H2,1-3H3,(H,21,22). The molecule has 4 aromatic rings. The maximum absolute atomic E-state index is 5.20. The lowest BCUT2D eigenvalue weighted by Gasteiger charge is -2.09. The van der Waals surface area contributed by atoms with Crippen molar-refractivity contribution in [3.63, 3.8) is 0 Å². The SMILES string of the molecule is CCC(C)CCc1nc(-c2ccoc2)nn1-c1ccc2nc(C)[nH]c2c1. The molecule has 26 heavy (non-hydrogen) atoms. The number of furan rings is 1. The van der Waals surface area contributed by atoms with Crippen molar-refractivity contribution in [2.24, 2.45) is 5.92 Å². The van der Waals surface area contributed by atoms with Crippen LogP contribution in [0.2, 0.25) is 0 Å². The van der Waals surface area contributed by atoms with Gasteiger partial charge in [-0.15, -0.1) is 5.10 Å². The average molecular weight is 349 g/mol. The van der Waals surface area contributed by atoms with E-state index in [2.05, 4.69) is 29.9 Å². The van der Waals surface area contributed by atoms with Crippen molar-refractivity contribution in [2.75, 3.05) is 0 Å². The van der Waals surface area contributed by atoms with E-state index in [0.717, 1.165) is 46.8 Å². The maximum Gasteiger partial charge on any atom is 0.185 e. The van der Waals surface area contributed by atoms with Gasteiger partial charge >= 0.3 is 0 Å². The second kappa shape index (κ2) is 6.78. The number of fused-ring (bicyclic) bond motifs is 1. The van der Waals surface area contributed by atoms with Crippen molar-refractivity contribution in [1.82, 2.24) is 24.7 Å². The molecule has 3 aromatic heterocycles. The van der Waals surface area contributed by atoms with Gasteiger partial charge in [-0.2, -0.15) is 0 Å². The first-order valence-corrected chi connectivity index (χ1v) is 9.09. The normalized spacial score (nSPS) is 12.7. The lowest BCUT2D eigenvalue weighted by atomic mass is 10.0. The zero-order valence-corrected chi connectivity index (χ0v) is 15.4. The first-order chi connectivity index (χ1) is 12.6. The largest absolute Gasteiger partial charge is 0.472 e. The first-order valence-electron chi connectivity index (χ1n) is 9.09. The van der Waals surface area contributed by atoms with Gasteiger partial charge < -0.3 is 9.40 Å². The topological polar surface area (TPSA) is 72.5 Å². The Morgan fingerprint density at radius 3 is 2.88 bits per heavy atom. The molecule has 0 bridgehead atoms. The molecule has 134 valence electrons. The van der Waals surface area contributed by atoms with Gasteiger partial charge in [0.25, 0.3) is 0 Å². The smallest absolute Gasteiger partial charge is 0.185 e. The third-order valence-corrected chi connectivity index (χ3v) is 4.84. The van der Waals surface area contributed by atoms with Crippen LogP contribution in [0, 0.1) is 12.8 Å². The Hall–Kier alpha value is -2.89. The van der Waals surface area contributed by atoms with Gasteiger partial charge in [-0.05, 0) is 43.5 Å². The summed E-state index contributed by atoms with van der Waals surface area (Å²) < 4.78 is 7.14. The second-order valence-corrected chi connectivity index (χ2v) is 6.85. The predicted octanol–water partition coefficient (Wildman–Crippen LogP) is 4.69. The summed E-state index contributed by atoms with van der Waals surface area (Å²) in [6, 6.07) is 8.03. The highest BCUT2D eigenvalue weighted by molar-refractivity contribution is 5.77. The zero-order chi connectivity index (χ0) is 18.1. The minimum atomic E-state index is 0.662. The molecule has 0 spiro atoms. The number of aromatic nitrogens is 5. The predicted molar refractivity (Wildman–Crippen MR) is 101 cm³/mol. The lowest BCUT2D eigenvalue weighted by Crippen LogP contribution is -2.05. The maximum atomic E-state index is 5.20. The number of hydrogen-bond acceptors (Lipinski definition) is 4. The first kappa shape index (κ1) is 16.6. The summed E-state index contributed by atoms with van der Waals surface area (Å²) in [4.78, 5) is 12.6. The molecule has 0 amide bonds. The van der Waals surface area contributed by atoms with Gasteiger partial charge in [0.2, 0.25) is 0 Å². The summed E-state index contributed by atoms with van der Waals surface area (Å²) in [5.74, 6) is 3.23. The lowest BCUT2D eigenvalue weighted by molar-refractivity contribution is 0.505. The van der Waals surface area contributed by atoms with Crippen LogP contribution >= 0.6 is 0 Å². The van der Waals surface area contributed by atoms with Gasteiger partial charge in [0.1, 0.15) is 17.9 Å². The summed E-state index contributed by atoms with van der Waals surface area (Å²) in [6.07, 6.45) is 6.47. The van der Waals surface area contributed by atoms with Crippen LogP contribution < -0.4 is 0 Å². The number of aromatic amines is 1. The number of H-pyrrole nitrogens is 1. The molecule has 0 radical (unpaired) electrons. The van der Waals surface area contributed by atoms with Gasteiger partial charge in [0, 0.05) is 6.42 Å². The summed E-state index contributed by atoms with van der Waals surface area (Å²) in [5, 5.41) is 4.75. The van der Waals surface area contributed by atoms with Gasteiger partial charge in [-0.25, -0.2) is 14.6 Å². The Balaban J connectivity index is 1.76. The highest BCUT2D eigenvalue weighted by atomic mass is 16.3. The molecule has 4 rings (SSSR count). The van der Waals surface area contributed by atoms with E-state index in [1.165, 1.54) is 6.42 Å². The van der Waals surface area contributed by atoms with Gasteiger partial charge in [-0.1, -0.05) is 20.3 Å². The van der Waals surface area contributed by atoms with Crippen LogP contribution in [0.3, 0.4) is 0 Å². The Morgan fingerprint density at radius 2 is 2.12 bits per heavy atom. The Kier molecular flexibility index (Phi) is 4.32. The van der Waals surface area contributed by atoms with Crippen LogP contribution in [-0.4, -0.2) is 24.7 Å². The van der Waals surface area contributed by atoms with Crippen molar-refractivity contribution in [2.45, 2.75) is 40.0 Å². The fraction of sp³-hybridized carbons (Fsp3) is 0.350. The molecular weight excluding hydrogens is 326 g/mol. The summed E-state index contributed by atoms with van der Waals surface area (Å²) in [5.41, 5.74) is 3.85. The Bertz CT molecular complexity index is 1010. The summed E-state index contributed by atoms with van der Waals surface area (Å²) in [6.45, 7) is 6.46. The minimum Gasteiger partial charge on any atom is -0.472 e. The molecular formula is C20H23N5O. The van der Waals surface area contributed by atoms with Crippen LogP contribution in [0.4, 0.5) is 0 Å². The van der Waals surface area contributed by atoms with E-state index in [9.17, 15) is 0 Å². The third-order valence-electron chi connectivity index (χ3n) is 4.84. The highest BCUT2D eigenvalue weighted by Gasteiger charge is 2.15. The molecule has 1 aromatic carbocycles. The van der Waals surface area contributed by atoms with Crippen LogP contribution in [0.15, 0.2) is 41.2 Å². The zero-order valence-electron chi connectivity index (χ0n) is 15.4. The van der Waals surface area contributed by atoms with Crippen molar-refractivity contribution < 1.29 is 4.42 Å². The van der Waals surface area contributed by atoms with E-state index < -0.39 is 0 Å². The average Bonchev–Trinajstić information content (AvgIpc) is 3.36. The Labute approximate surface area is 152 Å². The van der Waals surface area contributed by atoms with E-state index in [1.807, 2.05) is 29.8 Å². The molecule has 0 aliphatic rings. The van der Waals surface area contributed by atoms with Crippen molar-refractivity contribution in [1.29, 1.82) is 0 Å². The fourth-order valence-electron chi connectivity index (χ4n) is 3.06. The molecule has 0 saturated heterocycles. The molecule has 6 nitrogen and oxygen atoms in total.